The molecule has 2 aromatic rings. The number of oxime groups is 1. The highest BCUT2D eigenvalue weighted by Gasteiger charge is 2.11. The molecule has 0 saturated carbocycles. The van der Waals surface area contributed by atoms with E-state index >= 15 is 0 Å². The molecule has 3 nitrogen and oxygen atoms in total. The van der Waals surface area contributed by atoms with Gasteiger partial charge in [-0.2, -0.15) is 0 Å². The molecule has 0 saturated heterocycles. The average Bonchev–Trinajstić information content (AvgIpc) is 2.62. The first-order chi connectivity index (χ1) is 6.74. The SMILES string of the molecule is O/N=C(/Cl)c1c[nH]c2cccc(F)c12. The van der Waals surface area contributed by atoms with Crippen LogP contribution in [0.1, 0.15) is 5.56 Å². The molecular weight excluding hydrogens is 207 g/mol. The van der Waals surface area contributed by atoms with Crippen LogP contribution in [-0.2, 0) is 0 Å². The number of hydrogen-bond donors (Lipinski definition) is 2. The Labute approximate surface area is 83.8 Å². The summed E-state index contributed by atoms with van der Waals surface area (Å²) in [6, 6.07) is 4.62. The molecule has 0 fully saturated rings. The summed E-state index contributed by atoms with van der Waals surface area (Å²) < 4.78 is 13.4. The maximum atomic E-state index is 13.4. The number of benzene rings is 1. The van der Waals surface area contributed by atoms with E-state index in [1.54, 1.807) is 12.1 Å². The van der Waals surface area contributed by atoms with E-state index in [0.717, 1.165) is 0 Å². The summed E-state index contributed by atoms with van der Waals surface area (Å²) in [5.74, 6) is -0.402. The lowest BCUT2D eigenvalue weighted by atomic mass is 10.2. The molecule has 0 radical (unpaired) electrons. The van der Waals surface area contributed by atoms with Crippen molar-refractivity contribution in [2.75, 3.05) is 0 Å². The number of H-pyrrole nitrogens is 1. The van der Waals surface area contributed by atoms with Gasteiger partial charge in [-0.3, -0.25) is 0 Å². The zero-order valence-corrected chi connectivity index (χ0v) is 7.72. The molecule has 72 valence electrons. The van der Waals surface area contributed by atoms with Gasteiger partial charge < -0.3 is 10.2 Å². The molecule has 2 N–H and O–H groups in total. The van der Waals surface area contributed by atoms with Crippen molar-refractivity contribution >= 4 is 27.7 Å². The van der Waals surface area contributed by atoms with Crippen LogP contribution in [0.3, 0.4) is 0 Å². The zero-order chi connectivity index (χ0) is 10.1. The summed E-state index contributed by atoms with van der Waals surface area (Å²) in [6.07, 6.45) is 1.50. The molecule has 0 spiro atoms. The highest BCUT2D eigenvalue weighted by molar-refractivity contribution is 6.70. The third kappa shape index (κ3) is 1.24. The van der Waals surface area contributed by atoms with Crippen LogP contribution in [0.25, 0.3) is 10.9 Å². The lowest BCUT2D eigenvalue weighted by Gasteiger charge is -1.95. The van der Waals surface area contributed by atoms with Gasteiger partial charge in [0.1, 0.15) is 5.82 Å². The van der Waals surface area contributed by atoms with Crippen molar-refractivity contribution < 1.29 is 9.60 Å². The minimum atomic E-state index is -0.402. The van der Waals surface area contributed by atoms with Gasteiger partial charge in [-0.1, -0.05) is 22.8 Å². The summed E-state index contributed by atoms with van der Waals surface area (Å²) in [6.45, 7) is 0. The number of fused-ring (bicyclic) bond motifs is 1. The second-order valence-electron chi connectivity index (χ2n) is 2.76. The van der Waals surface area contributed by atoms with E-state index in [1.165, 1.54) is 12.3 Å². The van der Waals surface area contributed by atoms with Crippen molar-refractivity contribution in [3.8, 4) is 0 Å². The summed E-state index contributed by atoms with van der Waals surface area (Å²) in [4.78, 5) is 2.83. The topological polar surface area (TPSA) is 48.4 Å². The third-order valence-corrected chi connectivity index (χ3v) is 2.24. The summed E-state index contributed by atoms with van der Waals surface area (Å²) >= 11 is 5.60. The fraction of sp³-hybridized carbons (Fsp3) is 0. The van der Waals surface area contributed by atoms with Gasteiger partial charge in [-0.05, 0) is 12.1 Å². The first-order valence-corrected chi connectivity index (χ1v) is 4.25. The quantitative estimate of drug-likeness (QED) is 0.426. The summed E-state index contributed by atoms with van der Waals surface area (Å²) in [5.41, 5.74) is 0.962. The molecule has 0 aliphatic rings. The molecule has 0 bridgehead atoms. The van der Waals surface area contributed by atoms with Gasteiger partial charge in [0.2, 0.25) is 0 Å². The van der Waals surface area contributed by atoms with Crippen molar-refractivity contribution in [2.45, 2.75) is 0 Å². The second kappa shape index (κ2) is 3.31. The van der Waals surface area contributed by atoms with Gasteiger partial charge in [0.15, 0.2) is 5.17 Å². The van der Waals surface area contributed by atoms with E-state index in [4.69, 9.17) is 16.8 Å². The maximum absolute atomic E-state index is 13.4. The van der Waals surface area contributed by atoms with E-state index in [0.29, 0.717) is 16.5 Å². The van der Waals surface area contributed by atoms with Gasteiger partial charge >= 0.3 is 0 Å². The van der Waals surface area contributed by atoms with Crippen LogP contribution < -0.4 is 0 Å². The second-order valence-corrected chi connectivity index (χ2v) is 3.11. The maximum Gasteiger partial charge on any atom is 0.177 e. The number of nitrogens with one attached hydrogen (secondary N) is 1. The molecular formula is C9H6ClFN2O. The molecule has 0 atom stereocenters. The third-order valence-electron chi connectivity index (χ3n) is 1.97. The molecule has 0 aliphatic heterocycles. The number of nitrogens with zero attached hydrogens (tertiary/aromatic N) is 1. The monoisotopic (exact) mass is 212 g/mol. The minimum Gasteiger partial charge on any atom is -0.410 e. The molecule has 0 unspecified atom stereocenters. The number of rotatable bonds is 1. The molecule has 1 heterocycles. The van der Waals surface area contributed by atoms with Crippen molar-refractivity contribution in [2.24, 2.45) is 5.16 Å². The predicted molar refractivity (Wildman–Crippen MR) is 52.4 cm³/mol. The van der Waals surface area contributed by atoms with Crippen molar-refractivity contribution in [1.29, 1.82) is 0 Å². The van der Waals surface area contributed by atoms with Crippen LogP contribution >= 0.6 is 11.6 Å². The van der Waals surface area contributed by atoms with Crippen LogP contribution in [0.15, 0.2) is 29.6 Å². The highest BCUT2D eigenvalue weighted by atomic mass is 35.5. The Bertz CT molecular complexity index is 506. The normalized spacial score (nSPS) is 12.3. The van der Waals surface area contributed by atoms with Crippen LogP contribution in [0.5, 0.6) is 0 Å². The van der Waals surface area contributed by atoms with Gasteiger partial charge in [0.05, 0.1) is 0 Å². The Morgan fingerprint density at radius 1 is 1.50 bits per heavy atom. The Kier molecular flexibility index (Phi) is 2.13. The summed E-state index contributed by atoms with van der Waals surface area (Å²) in [5, 5.41) is 11.5. The summed E-state index contributed by atoms with van der Waals surface area (Å²) in [7, 11) is 0. The highest BCUT2D eigenvalue weighted by Crippen LogP contribution is 2.22. The van der Waals surface area contributed by atoms with Crippen molar-refractivity contribution in [3.05, 3.63) is 35.8 Å². The smallest absolute Gasteiger partial charge is 0.177 e. The minimum absolute atomic E-state index is 0.138. The molecule has 1 aromatic carbocycles. The van der Waals surface area contributed by atoms with Gasteiger partial charge in [-0.15, -0.1) is 0 Å². The lowest BCUT2D eigenvalue weighted by Crippen LogP contribution is -1.90. The molecule has 2 rings (SSSR count). The molecule has 0 aliphatic carbocycles. The van der Waals surface area contributed by atoms with Crippen LogP contribution in [0, 0.1) is 5.82 Å². The average molecular weight is 213 g/mol. The first kappa shape index (κ1) is 9.02. The largest absolute Gasteiger partial charge is 0.410 e. The van der Waals surface area contributed by atoms with Crippen molar-refractivity contribution in [3.63, 3.8) is 0 Å². The zero-order valence-electron chi connectivity index (χ0n) is 6.96. The van der Waals surface area contributed by atoms with E-state index in [2.05, 4.69) is 10.1 Å². The fourth-order valence-electron chi connectivity index (χ4n) is 1.36. The van der Waals surface area contributed by atoms with Crippen LogP contribution in [0.2, 0.25) is 0 Å². The number of hydrogen-bond acceptors (Lipinski definition) is 2. The molecule has 5 heteroatoms. The fourth-order valence-corrected chi connectivity index (χ4v) is 1.51. The Balaban J connectivity index is 2.80. The van der Waals surface area contributed by atoms with E-state index in [9.17, 15) is 4.39 Å². The lowest BCUT2D eigenvalue weighted by molar-refractivity contribution is 0.321. The van der Waals surface area contributed by atoms with Gasteiger partial charge in [0, 0.05) is 22.7 Å². The molecule has 14 heavy (non-hydrogen) atoms. The predicted octanol–water partition coefficient (Wildman–Crippen LogP) is 2.68. The van der Waals surface area contributed by atoms with E-state index in [-0.39, 0.29) is 5.17 Å². The molecule has 0 amide bonds. The van der Waals surface area contributed by atoms with Crippen LogP contribution in [0.4, 0.5) is 4.39 Å². The Morgan fingerprint density at radius 2 is 2.29 bits per heavy atom. The van der Waals surface area contributed by atoms with E-state index in [1.807, 2.05) is 0 Å². The standard InChI is InChI=1S/C9H6ClFN2O/c10-9(13-14)5-4-12-7-3-1-2-6(11)8(5)7/h1-4,12,14H/b13-9+. The number of aromatic nitrogens is 1. The van der Waals surface area contributed by atoms with Crippen LogP contribution in [-0.4, -0.2) is 15.4 Å². The Morgan fingerprint density at radius 3 is 3.00 bits per heavy atom. The van der Waals surface area contributed by atoms with Gasteiger partial charge in [-0.25, -0.2) is 4.39 Å². The first-order valence-electron chi connectivity index (χ1n) is 3.87. The number of halogens is 2. The van der Waals surface area contributed by atoms with E-state index < -0.39 is 5.82 Å². The van der Waals surface area contributed by atoms with Gasteiger partial charge in [0.25, 0.3) is 0 Å². The van der Waals surface area contributed by atoms with Crippen molar-refractivity contribution in [1.82, 2.24) is 4.98 Å². The Hall–Kier alpha value is -1.55. The number of aromatic amines is 1. The molecule has 1 aromatic heterocycles.